The third kappa shape index (κ3) is 5.41. The first-order chi connectivity index (χ1) is 9.07. The molecule has 0 unspecified atom stereocenters. The van der Waals surface area contributed by atoms with Gasteiger partial charge in [0.1, 0.15) is 6.61 Å². The van der Waals surface area contributed by atoms with Crippen molar-refractivity contribution in [1.82, 2.24) is 0 Å². The van der Waals surface area contributed by atoms with Gasteiger partial charge in [0.05, 0.1) is 6.04 Å². The van der Waals surface area contributed by atoms with E-state index in [9.17, 15) is 0 Å². The van der Waals surface area contributed by atoms with Crippen molar-refractivity contribution < 1.29 is 21.8 Å². The van der Waals surface area contributed by atoms with Crippen molar-refractivity contribution in [3.63, 3.8) is 0 Å². The molecule has 118 valence electrons. The molecule has 0 aromatic rings. The maximum atomic E-state index is 5.73. The van der Waals surface area contributed by atoms with E-state index in [4.69, 9.17) is 9.73 Å². The molecule has 0 saturated heterocycles. The summed E-state index contributed by atoms with van der Waals surface area (Å²) < 4.78 is 5.73. The molecule has 0 spiro atoms. The minimum Gasteiger partial charge on any atom is -0.478 e. The second-order valence-electron chi connectivity index (χ2n) is 7.41. The van der Waals surface area contributed by atoms with E-state index >= 15 is 0 Å². The van der Waals surface area contributed by atoms with Crippen LogP contribution in [0.2, 0.25) is 0 Å². The monoisotopic (exact) mass is 321 g/mol. The molecule has 1 heterocycles. The quantitative estimate of drug-likeness (QED) is 0.625. The van der Waals surface area contributed by atoms with Crippen molar-refractivity contribution in [1.29, 1.82) is 0 Å². The summed E-state index contributed by atoms with van der Waals surface area (Å²) in [6.45, 7) is 7.52. The molecule has 20 heavy (non-hydrogen) atoms. The van der Waals surface area contributed by atoms with Crippen molar-refractivity contribution in [2.75, 3.05) is 6.61 Å². The van der Waals surface area contributed by atoms with Crippen molar-refractivity contribution in [3.05, 3.63) is 0 Å². The molecule has 0 N–H and O–H groups in total. The van der Waals surface area contributed by atoms with Gasteiger partial charge in [-0.25, -0.2) is 4.99 Å². The Bertz CT molecular complexity index is 291. The van der Waals surface area contributed by atoms with Gasteiger partial charge in [-0.3, -0.25) is 0 Å². The molecule has 1 aliphatic heterocycles. The normalized spacial score (nSPS) is 26.4. The third-order valence-electron chi connectivity index (χ3n) is 4.63. The van der Waals surface area contributed by atoms with E-state index in [2.05, 4.69) is 20.8 Å². The van der Waals surface area contributed by atoms with Crippen LogP contribution in [-0.4, -0.2) is 18.5 Å². The Labute approximate surface area is 135 Å². The summed E-state index contributed by atoms with van der Waals surface area (Å²) in [7, 11) is 0. The van der Waals surface area contributed by atoms with Crippen LogP contribution in [-0.2, 0) is 21.8 Å². The van der Waals surface area contributed by atoms with Crippen molar-refractivity contribution >= 4 is 5.90 Å². The van der Waals surface area contributed by atoms with E-state index in [1.165, 1.54) is 57.8 Å². The van der Waals surface area contributed by atoms with Crippen molar-refractivity contribution in [2.24, 2.45) is 16.3 Å². The average molecular weight is 321 g/mol. The maximum Gasteiger partial charge on any atom is 0.186 e. The minimum atomic E-state index is 0. The van der Waals surface area contributed by atoms with E-state index in [0.29, 0.717) is 12.0 Å². The fourth-order valence-electron chi connectivity index (χ4n) is 3.12. The van der Waals surface area contributed by atoms with Crippen LogP contribution < -0.4 is 0 Å². The van der Waals surface area contributed by atoms with Gasteiger partial charge in [-0.05, 0) is 18.3 Å². The molecular formula is C17H31FeNO. The first kappa shape index (κ1) is 18.0. The Hall–Kier alpha value is -0.0105. The zero-order valence-electron chi connectivity index (χ0n) is 13.4. The molecule has 0 aromatic carbocycles. The molecule has 3 aliphatic rings. The van der Waals surface area contributed by atoms with E-state index in [-0.39, 0.29) is 22.5 Å². The van der Waals surface area contributed by atoms with Gasteiger partial charge in [0.15, 0.2) is 5.90 Å². The van der Waals surface area contributed by atoms with Crippen LogP contribution in [0.25, 0.3) is 0 Å². The Morgan fingerprint density at radius 3 is 1.80 bits per heavy atom. The van der Waals surface area contributed by atoms with Gasteiger partial charge < -0.3 is 4.74 Å². The van der Waals surface area contributed by atoms with Gasteiger partial charge in [0.2, 0.25) is 0 Å². The Morgan fingerprint density at radius 1 is 0.900 bits per heavy atom. The number of aliphatic imine (C=N–C) groups is 1. The first-order valence-electron chi connectivity index (χ1n) is 8.28. The molecule has 2 fully saturated rings. The Kier molecular flexibility index (Phi) is 7.61. The summed E-state index contributed by atoms with van der Waals surface area (Å²) in [5.74, 6) is 1.70. The molecule has 0 radical (unpaired) electrons. The standard InChI is InChI=1S/C12H21NO.C5H10.Fe/c1-12(2,3)10-8-14-11(13-10)9-6-4-5-7-9;1-2-4-5-3-1;/h9-10H,4-8H2,1-3H3;1-5H2;/t10-;;/m0../s1. The largest absolute Gasteiger partial charge is 0.478 e. The molecule has 2 aliphatic carbocycles. The smallest absolute Gasteiger partial charge is 0.186 e. The van der Waals surface area contributed by atoms with Crippen LogP contribution in [0.5, 0.6) is 0 Å². The number of nitrogens with zero attached hydrogens (tertiary/aromatic N) is 1. The molecule has 0 amide bonds. The summed E-state index contributed by atoms with van der Waals surface area (Å²) in [5.41, 5.74) is 0.250. The van der Waals surface area contributed by atoms with Crippen LogP contribution in [0, 0.1) is 11.3 Å². The molecule has 0 bridgehead atoms. The van der Waals surface area contributed by atoms with Crippen LogP contribution in [0.4, 0.5) is 0 Å². The summed E-state index contributed by atoms with van der Waals surface area (Å²) in [6, 6.07) is 0.373. The first-order valence-corrected chi connectivity index (χ1v) is 8.28. The van der Waals surface area contributed by atoms with Gasteiger partial charge in [-0.15, -0.1) is 0 Å². The summed E-state index contributed by atoms with van der Waals surface area (Å²) in [6.07, 6.45) is 12.8. The van der Waals surface area contributed by atoms with E-state index in [1.54, 1.807) is 0 Å². The molecule has 3 rings (SSSR count). The molecule has 2 nitrogen and oxygen atoms in total. The topological polar surface area (TPSA) is 21.6 Å². The fraction of sp³-hybridized carbons (Fsp3) is 0.941. The Balaban J connectivity index is 0.000000283. The molecule has 3 heteroatoms. The van der Waals surface area contributed by atoms with Gasteiger partial charge in [0.25, 0.3) is 0 Å². The van der Waals surface area contributed by atoms with Gasteiger partial charge in [-0.2, -0.15) is 0 Å². The minimum absolute atomic E-state index is 0. The maximum absolute atomic E-state index is 5.73. The van der Waals surface area contributed by atoms with Gasteiger partial charge in [-0.1, -0.05) is 65.7 Å². The zero-order valence-corrected chi connectivity index (χ0v) is 14.5. The summed E-state index contributed by atoms with van der Waals surface area (Å²) in [4.78, 5) is 4.74. The average Bonchev–Trinajstić information content (AvgIpc) is 3.13. The molecular weight excluding hydrogens is 290 g/mol. The SMILES string of the molecule is C1CCCC1.CC(C)(C)[C@@H]1COC(C2CCCC2)=N1.[Fe]. The number of hydrogen-bond acceptors (Lipinski definition) is 2. The second-order valence-corrected chi connectivity index (χ2v) is 7.41. The van der Waals surface area contributed by atoms with E-state index in [1.807, 2.05) is 0 Å². The molecule has 2 saturated carbocycles. The van der Waals surface area contributed by atoms with Crippen molar-refractivity contribution in [3.8, 4) is 0 Å². The number of ether oxygens (including phenoxy) is 1. The Morgan fingerprint density at radius 2 is 1.40 bits per heavy atom. The van der Waals surface area contributed by atoms with Crippen molar-refractivity contribution in [2.45, 2.75) is 84.6 Å². The van der Waals surface area contributed by atoms with Crippen LogP contribution in [0.1, 0.15) is 78.6 Å². The summed E-state index contributed by atoms with van der Waals surface area (Å²) >= 11 is 0. The van der Waals surface area contributed by atoms with E-state index < -0.39 is 0 Å². The number of hydrogen-bond donors (Lipinski definition) is 0. The van der Waals surface area contributed by atoms with E-state index in [0.717, 1.165) is 12.5 Å². The van der Waals surface area contributed by atoms with Gasteiger partial charge in [0, 0.05) is 23.0 Å². The molecule has 1 atom stereocenters. The predicted octanol–water partition coefficient (Wildman–Crippen LogP) is 4.97. The fourth-order valence-corrected chi connectivity index (χ4v) is 3.12. The molecule has 0 aromatic heterocycles. The van der Waals surface area contributed by atoms with Crippen LogP contribution >= 0.6 is 0 Å². The third-order valence-corrected chi connectivity index (χ3v) is 4.63. The number of rotatable bonds is 1. The zero-order chi connectivity index (χ0) is 13.7. The second kappa shape index (κ2) is 8.44. The summed E-state index contributed by atoms with van der Waals surface area (Å²) in [5, 5.41) is 0. The predicted molar refractivity (Wildman–Crippen MR) is 81.7 cm³/mol. The van der Waals surface area contributed by atoms with Crippen LogP contribution in [0.3, 0.4) is 0 Å². The van der Waals surface area contributed by atoms with Gasteiger partial charge >= 0.3 is 0 Å². The van der Waals surface area contributed by atoms with Crippen LogP contribution in [0.15, 0.2) is 4.99 Å².